The second-order valence-corrected chi connectivity index (χ2v) is 3.78. The molecule has 0 radical (unpaired) electrons. The standard InChI is InChI=1S/C8H11ClF2O/c9-7(12)5-6-1-3-8(10,11)4-2-6/h6H,1-5H2. The first-order chi connectivity index (χ1) is 5.49. The van der Waals surface area contributed by atoms with Crippen molar-refractivity contribution >= 4 is 16.8 Å². The molecule has 1 aliphatic rings. The summed E-state index contributed by atoms with van der Waals surface area (Å²) in [5.74, 6) is -2.43. The number of rotatable bonds is 2. The molecule has 4 heteroatoms. The molecule has 0 aromatic heterocycles. The van der Waals surface area contributed by atoms with Crippen molar-refractivity contribution in [1.29, 1.82) is 0 Å². The van der Waals surface area contributed by atoms with Crippen LogP contribution in [0.1, 0.15) is 32.1 Å². The number of carbonyl (C=O) groups is 1. The van der Waals surface area contributed by atoms with Crippen LogP contribution in [0, 0.1) is 5.92 Å². The van der Waals surface area contributed by atoms with Gasteiger partial charge in [0.05, 0.1) is 0 Å². The van der Waals surface area contributed by atoms with Crippen LogP contribution in [0.4, 0.5) is 8.78 Å². The van der Waals surface area contributed by atoms with Crippen molar-refractivity contribution in [1.82, 2.24) is 0 Å². The molecule has 12 heavy (non-hydrogen) atoms. The first-order valence-corrected chi connectivity index (χ1v) is 4.43. The first-order valence-electron chi connectivity index (χ1n) is 4.06. The zero-order valence-electron chi connectivity index (χ0n) is 6.66. The molecule has 1 fully saturated rings. The molecule has 0 unspecified atom stereocenters. The summed E-state index contributed by atoms with van der Waals surface area (Å²) in [6.45, 7) is 0. The summed E-state index contributed by atoms with van der Waals surface area (Å²) in [4.78, 5) is 10.5. The van der Waals surface area contributed by atoms with E-state index < -0.39 is 11.2 Å². The van der Waals surface area contributed by atoms with Crippen LogP contribution in [0.25, 0.3) is 0 Å². The Balaban J connectivity index is 2.31. The Morgan fingerprint density at radius 1 is 1.42 bits per heavy atom. The van der Waals surface area contributed by atoms with Crippen LogP contribution in [0.15, 0.2) is 0 Å². The molecule has 1 aliphatic carbocycles. The van der Waals surface area contributed by atoms with Gasteiger partial charge in [-0.05, 0) is 30.4 Å². The summed E-state index contributed by atoms with van der Waals surface area (Å²) in [7, 11) is 0. The van der Waals surface area contributed by atoms with Gasteiger partial charge in [-0.3, -0.25) is 4.79 Å². The number of alkyl halides is 2. The van der Waals surface area contributed by atoms with Crippen LogP contribution in [-0.2, 0) is 4.79 Å². The van der Waals surface area contributed by atoms with E-state index in [1.165, 1.54) is 0 Å². The summed E-state index contributed by atoms with van der Waals surface area (Å²) >= 11 is 5.16. The molecule has 0 aliphatic heterocycles. The molecule has 0 atom stereocenters. The largest absolute Gasteiger partial charge is 0.281 e. The van der Waals surface area contributed by atoms with Gasteiger partial charge in [0.15, 0.2) is 0 Å². The summed E-state index contributed by atoms with van der Waals surface area (Å²) in [6, 6.07) is 0. The van der Waals surface area contributed by atoms with E-state index in [4.69, 9.17) is 11.6 Å². The zero-order valence-corrected chi connectivity index (χ0v) is 7.41. The number of halogens is 3. The Morgan fingerprint density at radius 3 is 2.33 bits per heavy atom. The highest BCUT2D eigenvalue weighted by Crippen LogP contribution is 2.37. The Hall–Kier alpha value is -0.180. The lowest BCUT2D eigenvalue weighted by Crippen LogP contribution is -2.25. The van der Waals surface area contributed by atoms with Crippen molar-refractivity contribution in [2.75, 3.05) is 0 Å². The van der Waals surface area contributed by atoms with Crippen LogP contribution < -0.4 is 0 Å². The van der Waals surface area contributed by atoms with E-state index in [1.807, 2.05) is 0 Å². The van der Waals surface area contributed by atoms with Crippen LogP contribution in [-0.4, -0.2) is 11.2 Å². The molecule has 1 rings (SSSR count). The molecule has 0 bridgehead atoms. The van der Waals surface area contributed by atoms with E-state index in [0.717, 1.165) is 0 Å². The van der Waals surface area contributed by atoms with Crippen LogP contribution >= 0.6 is 11.6 Å². The maximum atomic E-state index is 12.6. The lowest BCUT2D eigenvalue weighted by molar-refractivity contribution is -0.113. The van der Waals surface area contributed by atoms with Gasteiger partial charge in [0.1, 0.15) is 0 Å². The van der Waals surface area contributed by atoms with Gasteiger partial charge < -0.3 is 0 Å². The van der Waals surface area contributed by atoms with Crippen molar-refractivity contribution in [3.05, 3.63) is 0 Å². The fraction of sp³-hybridized carbons (Fsp3) is 0.875. The number of hydrogen-bond acceptors (Lipinski definition) is 1. The zero-order chi connectivity index (χ0) is 9.19. The van der Waals surface area contributed by atoms with E-state index in [0.29, 0.717) is 12.8 Å². The lowest BCUT2D eigenvalue weighted by Gasteiger charge is -2.27. The minimum Gasteiger partial charge on any atom is -0.281 e. The molecular formula is C8H11ClF2O. The predicted molar refractivity (Wildman–Crippen MR) is 42.4 cm³/mol. The molecule has 70 valence electrons. The Bertz CT molecular complexity index is 172. The molecule has 0 amide bonds. The van der Waals surface area contributed by atoms with E-state index in [2.05, 4.69) is 0 Å². The van der Waals surface area contributed by atoms with Crippen molar-refractivity contribution in [3.8, 4) is 0 Å². The van der Waals surface area contributed by atoms with Crippen LogP contribution in [0.3, 0.4) is 0 Å². The molecule has 0 N–H and O–H groups in total. The number of hydrogen-bond donors (Lipinski definition) is 0. The van der Waals surface area contributed by atoms with Gasteiger partial charge in [-0.1, -0.05) is 0 Å². The fourth-order valence-corrected chi connectivity index (χ4v) is 1.75. The highest BCUT2D eigenvalue weighted by molar-refractivity contribution is 6.63. The van der Waals surface area contributed by atoms with E-state index >= 15 is 0 Å². The fourth-order valence-electron chi connectivity index (χ4n) is 1.53. The van der Waals surface area contributed by atoms with Crippen LogP contribution in [0.2, 0.25) is 0 Å². The normalized spacial score (nSPS) is 23.9. The van der Waals surface area contributed by atoms with Gasteiger partial charge in [0, 0.05) is 19.3 Å². The SMILES string of the molecule is O=C(Cl)CC1CCC(F)(F)CC1. The second kappa shape index (κ2) is 3.69. The minimum absolute atomic E-state index is 0.0784. The topological polar surface area (TPSA) is 17.1 Å². The predicted octanol–water partition coefficient (Wildman–Crippen LogP) is 2.97. The molecular weight excluding hydrogens is 186 g/mol. The van der Waals surface area contributed by atoms with E-state index in [-0.39, 0.29) is 25.2 Å². The maximum absolute atomic E-state index is 12.6. The Labute approximate surface area is 75.1 Å². The summed E-state index contributed by atoms with van der Waals surface area (Å²) in [5.41, 5.74) is 0. The molecule has 0 spiro atoms. The molecule has 0 aromatic carbocycles. The average molecular weight is 197 g/mol. The van der Waals surface area contributed by atoms with E-state index in [9.17, 15) is 13.6 Å². The van der Waals surface area contributed by atoms with Gasteiger partial charge in [0.2, 0.25) is 11.2 Å². The highest BCUT2D eigenvalue weighted by Gasteiger charge is 2.35. The second-order valence-electron chi connectivity index (χ2n) is 3.36. The molecule has 1 nitrogen and oxygen atoms in total. The average Bonchev–Trinajstić information content (AvgIpc) is 1.93. The van der Waals surface area contributed by atoms with Crippen molar-refractivity contribution < 1.29 is 13.6 Å². The maximum Gasteiger partial charge on any atom is 0.248 e. The molecule has 0 saturated heterocycles. The van der Waals surface area contributed by atoms with Gasteiger partial charge in [-0.2, -0.15) is 0 Å². The highest BCUT2D eigenvalue weighted by atomic mass is 35.5. The Kier molecular flexibility index (Phi) is 3.04. The summed E-state index contributed by atoms with van der Waals surface area (Å²) in [6.07, 6.45) is 0.901. The van der Waals surface area contributed by atoms with E-state index in [1.54, 1.807) is 0 Å². The van der Waals surface area contributed by atoms with Gasteiger partial charge in [-0.15, -0.1) is 0 Å². The molecule has 0 aromatic rings. The van der Waals surface area contributed by atoms with Gasteiger partial charge >= 0.3 is 0 Å². The third-order valence-electron chi connectivity index (χ3n) is 2.29. The van der Waals surface area contributed by atoms with Gasteiger partial charge in [0.25, 0.3) is 0 Å². The third-order valence-corrected chi connectivity index (χ3v) is 2.44. The molecule has 1 saturated carbocycles. The lowest BCUT2D eigenvalue weighted by atomic mass is 9.85. The summed E-state index contributed by atoms with van der Waals surface area (Å²) < 4.78 is 25.2. The quantitative estimate of drug-likeness (QED) is 0.621. The smallest absolute Gasteiger partial charge is 0.248 e. The van der Waals surface area contributed by atoms with Crippen molar-refractivity contribution in [3.63, 3.8) is 0 Å². The summed E-state index contributed by atoms with van der Waals surface area (Å²) in [5, 5.41) is -0.412. The monoisotopic (exact) mass is 196 g/mol. The Morgan fingerprint density at radius 2 is 1.92 bits per heavy atom. The minimum atomic E-state index is -2.51. The first kappa shape index (κ1) is 9.90. The van der Waals surface area contributed by atoms with Crippen molar-refractivity contribution in [2.45, 2.75) is 38.0 Å². The van der Waals surface area contributed by atoms with Gasteiger partial charge in [-0.25, -0.2) is 8.78 Å². The van der Waals surface area contributed by atoms with Crippen molar-refractivity contribution in [2.24, 2.45) is 5.92 Å². The number of carbonyl (C=O) groups excluding carboxylic acids is 1. The molecule has 0 heterocycles. The third kappa shape index (κ3) is 3.05. The van der Waals surface area contributed by atoms with Crippen LogP contribution in [0.5, 0.6) is 0 Å².